The van der Waals surface area contributed by atoms with Gasteiger partial charge in [0.25, 0.3) is 0 Å². The zero-order valence-electron chi connectivity index (χ0n) is 13.2. The molecule has 0 aliphatic heterocycles. The van der Waals surface area contributed by atoms with Crippen molar-refractivity contribution >= 4 is 0 Å². The monoisotopic (exact) mass is 295 g/mol. The van der Waals surface area contributed by atoms with Gasteiger partial charge in [0.15, 0.2) is 0 Å². The van der Waals surface area contributed by atoms with E-state index in [9.17, 15) is 0 Å². The molecule has 0 unspecified atom stereocenters. The van der Waals surface area contributed by atoms with Crippen LogP contribution >= 0.6 is 0 Å². The Morgan fingerprint density at radius 1 is 1.14 bits per heavy atom. The summed E-state index contributed by atoms with van der Waals surface area (Å²) in [7, 11) is 0. The SMILES string of the molecule is Cc1n[nH]c(C)c1CCc1nncn1[C@@H](C)c1ccccc1. The molecule has 22 heavy (non-hydrogen) atoms. The summed E-state index contributed by atoms with van der Waals surface area (Å²) in [6, 6.07) is 10.7. The number of aryl methyl sites for hydroxylation is 3. The number of benzene rings is 1. The van der Waals surface area contributed by atoms with Crippen molar-refractivity contribution in [3.63, 3.8) is 0 Å². The molecule has 3 rings (SSSR count). The normalized spacial score (nSPS) is 12.5. The summed E-state index contributed by atoms with van der Waals surface area (Å²) in [6.07, 6.45) is 3.61. The Kier molecular flexibility index (Phi) is 4.04. The topological polar surface area (TPSA) is 59.4 Å². The molecule has 1 atom stereocenters. The van der Waals surface area contributed by atoms with E-state index in [0.717, 1.165) is 30.1 Å². The molecule has 1 N–H and O–H groups in total. The largest absolute Gasteiger partial charge is 0.310 e. The van der Waals surface area contributed by atoms with Gasteiger partial charge in [0.1, 0.15) is 12.2 Å². The van der Waals surface area contributed by atoms with Crippen LogP contribution in [-0.2, 0) is 12.8 Å². The summed E-state index contributed by atoms with van der Waals surface area (Å²) < 4.78 is 2.15. The van der Waals surface area contributed by atoms with E-state index in [1.165, 1.54) is 11.1 Å². The second-order valence-electron chi connectivity index (χ2n) is 5.65. The molecular formula is C17H21N5. The van der Waals surface area contributed by atoms with Gasteiger partial charge in [-0.2, -0.15) is 5.10 Å². The van der Waals surface area contributed by atoms with Gasteiger partial charge >= 0.3 is 0 Å². The lowest BCUT2D eigenvalue weighted by atomic mass is 10.1. The van der Waals surface area contributed by atoms with Crippen molar-refractivity contribution in [1.82, 2.24) is 25.0 Å². The second kappa shape index (κ2) is 6.13. The molecule has 1 aromatic carbocycles. The molecule has 5 nitrogen and oxygen atoms in total. The van der Waals surface area contributed by atoms with Crippen LogP contribution in [-0.4, -0.2) is 25.0 Å². The van der Waals surface area contributed by atoms with Crippen molar-refractivity contribution in [1.29, 1.82) is 0 Å². The zero-order chi connectivity index (χ0) is 15.5. The fourth-order valence-corrected chi connectivity index (χ4v) is 2.84. The third kappa shape index (κ3) is 2.79. The van der Waals surface area contributed by atoms with Gasteiger partial charge in [0.05, 0.1) is 11.7 Å². The Hall–Kier alpha value is -2.43. The number of nitrogens with one attached hydrogen (secondary N) is 1. The lowest BCUT2D eigenvalue weighted by Gasteiger charge is -2.15. The molecule has 0 bridgehead atoms. The standard InChI is InChI=1S/C17H21N5/c1-12-16(13(2)20-19-12)9-10-17-21-18-11-22(17)14(3)15-7-5-4-6-8-15/h4-8,11,14H,9-10H2,1-3H3,(H,19,20)/t14-/m0/s1. The average molecular weight is 295 g/mol. The maximum Gasteiger partial charge on any atom is 0.133 e. The molecule has 0 radical (unpaired) electrons. The number of nitrogens with zero attached hydrogens (tertiary/aromatic N) is 4. The molecule has 0 fully saturated rings. The molecule has 3 aromatic rings. The molecule has 0 spiro atoms. The fourth-order valence-electron chi connectivity index (χ4n) is 2.84. The van der Waals surface area contributed by atoms with Crippen molar-refractivity contribution < 1.29 is 0 Å². The summed E-state index contributed by atoms with van der Waals surface area (Å²) >= 11 is 0. The lowest BCUT2D eigenvalue weighted by Crippen LogP contribution is -2.11. The van der Waals surface area contributed by atoms with Crippen LogP contribution in [0.25, 0.3) is 0 Å². The maximum absolute atomic E-state index is 4.30. The van der Waals surface area contributed by atoms with Crippen LogP contribution in [0.1, 0.15) is 41.3 Å². The quantitative estimate of drug-likeness (QED) is 0.787. The summed E-state index contributed by atoms with van der Waals surface area (Å²) in [6.45, 7) is 6.28. The molecule has 0 saturated carbocycles. The van der Waals surface area contributed by atoms with E-state index < -0.39 is 0 Å². The minimum atomic E-state index is 0.234. The van der Waals surface area contributed by atoms with Crippen LogP contribution in [0.2, 0.25) is 0 Å². The smallest absolute Gasteiger partial charge is 0.133 e. The highest BCUT2D eigenvalue weighted by Crippen LogP contribution is 2.20. The first-order chi connectivity index (χ1) is 10.7. The van der Waals surface area contributed by atoms with Crippen LogP contribution in [0.3, 0.4) is 0 Å². The second-order valence-corrected chi connectivity index (χ2v) is 5.65. The van der Waals surface area contributed by atoms with Crippen LogP contribution < -0.4 is 0 Å². The van der Waals surface area contributed by atoms with E-state index in [2.05, 4.69) is 63.1 Å². The Balaban J connectivity index is 1.78. The Morgan fingerprint density at radius 2 is 1.91 bits per heavy atom. The molecule has 0 aliphatic carbocycles. The maximum atomic E-state index is 4.30. The summed E-state index contributed by atoms with van der Waals surface area (Å²) in [5.41, 5.74) is 4.75. The average Bonchev–Trinajstić information content (AvgIpc) is 3.13. The minimum Gasteiger partial charge on any atom is -0.310 e. The van der Waals surface area contributed by atoms with E-state index >= 15 is 0 Å². The minimum absolute atomic E-state index is 0.234. The van der Waals surface area contributed by atoms with Crippen LogP contribution in [0.15, 0.2) is 36.7 Å². The highest BCUT2D eigenvalue weighted by Gasteiger charge is 2.14. The van der Waals surface area contributed by atoms with Gasteiger partial charge in [0, 0.05) is 12.1 Å². The summed E-state index contributed by atoms with van der Waals surface area (Å²) in [5.74, 6) is 1.01. The van der Waals surface area contributed by atoms with Gasteiger partial charge < -0.3 is 4.57 Å². The first-order valence-electron chi connectivity index (χ1n) is 7.60. The molecule has 0 aliphatic rings. The number of aromatic amines is 1. The molecular weight excluding hydrogens is 274 g/mol. The molecule has 114 valence electrons. The van der Waals surface area contributed by atoms with E-state index in [1.807, 2.05) is 19.3 Å². The molecule has 2 aromatic heterocycles. The van der Waals surface area contributed by atoms with Crippen LogP contribution in [0.5, 0.6) is 0 Å². The highest BCUT2D eigenvalue weighted by molar-refractivity contribution is 5.24. The first kappa shape index (κ1) is 14.5. The van der Waals surface area contributed by atoms with Gasteiger partial charge in [-0.1, -0.05) is 30.3 Å². The molecule has 0 amide bonds. The number of rotatable bonds is 5. The fraction of sp³-hybridized carbons (Fsp3) is 0.353. The molecule has 2 heterocycles. The van der Waals surface area contributed by atoms with Crippen molar-refractivity contribution in [3.8, 4) is 0 Å². The number of hydrogen-bond acceptors (Lipinski definition) is 3. The van der Waals surface area contributed by atoms with Gasteiger partial charge in [-0.15, -0.1) is 10.2 Å². The van der Waals surface area contributed by atoms with Gasteiger partial charge in [0.2, 0.25) is 0 Å². The predicted molar refractivity (Wildman–Crippen MR) is 85.7 cm³/mol. The van der Waals surface area contributed by atoms with E-state index in [-0.39, 0.29) is 6.04 Å². The van der Waals surface area contributed by atoms with Gasteiger partial charge in [-0.3, -0.25) is 5.10 Å². The van der Waals surface area contributed by atoms with Crippen molar-refractivity contribution in [2.75, 3.05) is 0 Å². The van der Waals surface area contributed by atoms with E-state index in [1.54, 1.807) is 0 Å². The van der Waals surface area contributed by atoms with Crippen molar-refractivity contribution in [2.24, 2.45) is 0 Å². The van der Waals surface area contributed by atoms with Gasteiger partial charge in [-0.05, 0) is 38.3 Å². The first-order valence-corrected chi connectivity index (χ1v) is 7.60. The van der Waals surface area contributed by atoms with Crippen molar-refractivity contribution in [2.45, 2.75) is 39.7 Å². The van der Waals surface area contributed by atoms with E-state index in [4.69, 9.17) is 0 Å². The summed E-state index contributed by atoms with van der Waals surface area (Å²) in [4.78, 5) is 0. The van der Waals surface area contributed by atoms with Crippen LogP contribution in [0, 0.1) is 13.8 Å². The number of H-pyrrole nitrogens is 1. The Bertz CT molecular complexity index is 722. The zero-order valence-corrected chi connectivity index (χ0v) is 13.2. The Labute approximate surface area is 130 Å². The number of aromatic nitrogens is 5. The van der Waals surface area contributed by atoms with Crippen LogP contribution in [0.4, 0.5) is 0 Å². The van der Waals surface area contributed by atoms with Crippen molar-refractivity contribution in [3.05, 3.63) is 65.0 Å². The lowest BCUT2D eigenvalue weighted by molar-refractivity contribution is 0.597. The van der Waals surface area contributed by atoms with E-state index in [0.29, 0.717) is 0 Å². The highest BCUT2D eigenvalue weighted by atomic mass is 15.3. The predicted octanol–water partition coefficient (Wildman–Crippen LogP) is 3.01. The Morgan fingerprint density at radius 3 is 2.59 bits per heavy atom. The molecule has 5 heteroatoms. The van der Waals surface area contributed by atoms with Gasteiger partial charge in [-0.25, -0.2) is 0 Å². The number of hydrogen-bond donors (Lipinski definition) is 1. The third-order valence-electron chi connectivity index (χ3n) is 4.23. The third-order valence-corrected chi connectivity index (χ3v) is 4.23. The summed E-state index contributed by atoms with van der Waals surface area (Å²) in [5, 5.41) is 15.7. The molecule has 0 saturated heterocycles.